The summed E-state index contributed by atoms with van der Waals surface area (Å²) in [4.78, 5) is 18.2. The van der Waals surface area contributed by atoms with E-state index in [9.17, 15) is 4.79 Å². The normalized spacial score (nSPS) is 21.8. The molecular weight excluding hydrogens is 248 g/mol. The van der Waals surface area contributed by atoms with Gasteiger partial charge in [-0.3, -0.25) is 4.99 Å². The zero-order chi connectivity index (χ0) is 13.3. The topological polar surface area (TPSA) is 41.9 Å². The van der Waals surface area contributed by atoms with Crippen molar-refractivity contribution in [1.82, 2.24) is 4.90 Å². The third kappa shape index (κ3) is 3.64. The van der Waals surface area contributed by atoms with Crippen LogP contribution in [0.5, 0.6) is 0 Å². The highest BCUT2D eigenvalue weighted by Crippen LogP contribution is 2.29. The van der Waals surface area contributed by atoms with Crippen molar-refractivity contribution in [3.05, 3.63) is 0 Å². The summed E-state index contributed by atoms with van der Waals surface area (Å²) in [6, 6.07) is 0.558. The van der Waals surface area contributed by atoms with Gasteiger partial charge in [0.1, 0.15) is 5.60 Å². The van der Waals surface area contributed by atoms with Gasteiger partial charge in [0.25, 0.3) is 0 Å². The monoisotopic (exact) mass is 270 g/mol. The Labute approximate surface area is 113 Å². The SMILES string of the molecule is CS/C(=N/C1CC1)C1CN(C(=O)OC(C)(C)C)C1. The maximum Gasteiger partial charge on any atom is 0.410 e. The molecule has 102 valence electrons. The lowest BCUT2D eigenvalue weighted by atomic mass is 10.0. The second-order valence-electron chi connectivity index (χ2n) is 5.98. The summed E-state index contributed by atoms with van der Waals surface area (Å²) in [6.45, 7) is 7.18. The average Bonchev–Trinajstić information content (AvgIpc) is 2.94. The predicted octanol–water partition coefficient (Wildman–Crippen LogP) is 2.78. The van der Waals surface area contributed by atoms with Crippen LogP contribution in [0, 0.1) is 5.92 Å². The van der Waals surface area contributed by atoms with Crippen LogP contribution in [-0.2, 0) is 4.74 Å². The van der Waals surface area contributed by atoms with Gasteiger partial charge in [-0.2, -0.15) is 0 Å². The van der Waals surface area contributed by atoms with Gasteiger partial charge in [0.05, 0.1) is 11.1 Å². The van der Waals surface area contributed by atoms with Crippen molar-refractivity contribution in [1.29, 1.82) is 0 Å². The van der Waals surface area contributed by atoms with Gasteiger partial charge >= 0.3 is 6.09 Å². The van der Waals surface area contributed by atoms with E-state index in [-0.39, 0.29) is 6.09 Å². The van der Waals surface area contributed by atoms with Crippen LogP contribution in [0.4, 0.5) is 4.79 Å². The number of hydrogen-bond donors (Lipinski definition) is 0. The van der Waals surface area contributed by atoms with Crippen LogP contribution in [0.1, 0.15) is 33.6 Å². The van der Waals surface area contributed by atoms with Crippen molar-refractivity contribution >= 4 is 22.9 Å². The number of thioether (sulfide) groups is 1. The molecule has 0 aromatic rings. The second kappa shape index (κ2) is 5.11. The number of carbonyl (C=O) groups excluding carboxylic acids is 1. The molecule has 18 heavy (non-hydrogen) atoms. The molecule has 0 N–H and O–H groups in total. The predicted molar refractivity (Wildman–Crippen MR) is 75.3 cm³/mol. The van der Waals surface area contributed by atoms with Crippen LogP contribution in [0.3, 0.4) is 0 Å². The first-order valence-electron chi connectivity index (χ1n) is 6.48. The molecule has 0 aromatic heterocycles. The van der Waals surface area contributed by atoms with Gasteiger partial charge in [-0.15, -0.1) is 11.8 Å². The maximum atomic E-state index is 11.8. The first-order chi connectivity index (χ1) is 8.39. The molecule has 0 bridgehead atoms. The van der Waals surface area contributed by atoms with Gasteiger partial charge in [-0.1, -0.05) is 0 Å². The van der Waals surface area contributed by atoms with Gasteiger partial charge in [-0.25, -0.2) is 4.79 Å². The minimum absolute atomic E-state index is 0.203. The van der Waals surface area contributed by atoms with E-state index >= 15 is 0 Å². The van der Waals surface area contributed by atoms with Crippen LogP contribution < -0.4 is 0 Å². The number of hydrogen-bond acceptors (Lipinski definition) is 4. The summed E-state index contributed by atoms with van der Waals surface area (Å²) in [5.41, 5.74) is -0.410. The van der Waals surface area contributed by atoms with Crippen LogP contribution in [0.25, 0.3) is 0 Å². The van der Waals surface area contributed by atoms with E-state index in [0.717, 1.165) is 13.1 Å². The molecule has 0 radical (unpaired) electrons. The quantitative estimate of drug-likeness (QED) is 0.572. The lowest BCUT2D eigenvalue weighted by Crippen LogP contribution is -2.53. The zero-order valence-electron chi connectivity index (χ0n) is 11.6. The highest BCUT2D eigenvalue weighted by Gasteiger charge is 2.37. The fourth-order valence-corrected chi connectivity index (χ4v) is 2.56. The van der Waals surface area contributed by atoms with Crippen LogP contribution >= 0.6 is 11.8 Å². The van der Waals surface area contributed by atoms with Gasteiger partial charge in [-0.05, 0) is 39.9 Å². The average molecular weight is 270 g/mol. The zero-order valence-corrected chi connectivity index (χ0v) is 12.4. The molecule has 1 saturated heterocycles. The van der Waals surface area contributed by atoms with E-state index in [1.807, 2.05) is 20.8 Å². The summed E-state index contributed by atoms with van der Waals surface area (Å²) < 4.78 is 5.34. The fraction of sp³-hybridized carbons (Fsp3) is 0.846. The molecular formula is C13H22N2O2S. The highest BCUT2D eigenvalue weighted by atomic mass is 32.2. The Morgan fingerprint density at radius 1 is 1.33 bits per heavy atom. The minimum Gasteiger partial charge on any atom is -0.444 e. The molecule has 2 fully saturated rings. The second-order valence-corrected chi connectivity index (χ2v) is 6.81. The Morgan fingerprint density at radius 3 is 2.39 bits per heavy atom. The number of carbonyl (C=O) groups is 1. The lowest BCUT2D eigenvalue weighted by molar-refractivity contribution is 0.00720. The summed E-state index contributed by atoms with van der Waals surface area (Å²) in [5.74, 6) is 0.424. The molecule has 0 unspecified atom stereocenters. The molecule has 2 aliphatic rings. The molecule has 0 aromatic carbocycles. The van der Waals surface area contributed by atoms with E-state index in [4.69, 9.17) is 9.73 Å². The van der Waals surface area contributed by atoms with Crippen molar-refractivity contribution in [2.24, 2.45) is 10.9 Å². The van der Waals surface area contributed by atoms with E-state index in [1.54, 1.807) is 16.7 Å². The van der Waals surface area contributed by atoms with Crippen LogP contribution in [-0.4, -0.2) is 47.0 Å². The fourth-order valence-electron chi connectivity index (χ4n) is 1.82. The van der Waals surface area contributed by atoms with Crippen molar-refractivity contribution in [3.63, 3.8) is 0 Å². The number of aliphatic imine (C=N–C) groups is 1. The van der Waals surface area contributed by atoms with Crippen molar-refractivity contribution in [2.45, 2.75) is 45.3 Å². The Kier molecular flexibility index (Phi) is 3.90. The largest absolute Gasteiger partial charge is 0.444 e. The lowest BCUT2D eigenvalue weighted by Gasteiger charge is -2.39. The van der Waals surface area contributed by atoms with Crippen molar-refractivity contribution in [2.75, 3.05) is 19.3 Å². The Hall–Kier alpha value is -0.710. The molecule has 4 nitrogen and oxygen atoms in total. The van der Waals surface area contributed by atoms with Gasteiger partial charge < -0.3 is 9.64 Å². The Morgan fingerprint density at radius 2 is 1.94 bits per heavy atom. The third-order valence-electron chi connectivity index (χ3n) is 2.95. The number of amides is 1. The van der Waals surface area contributed by atoms with E-state index < -0.39 is 5.60 Å². The third-order valence-corrected chi connectivity index (χ3v) is 3.81. The number of rotatable bonds is 2. The molecule has 0 spiro atoms. The van der Waals surface area contributed by atoms with Gasteiger partial charge in [0, 0.05) is 19.0 Å². The van der Waals surface area contributed by atoms with Gasteiger partial charge in [0.15, 0.2) is 0 Å². The summed E-state index contributed by atoms with van der Waals surface area (Å²) in [7, 11) is 0. The summed E-state index contributed by atoms with van der Waals surface area (Å²) in [6.07, 6.45) is 4.32. The molecule has 1 saturated carbocycles. The summed E-state index contributed by atoms with van der Waals surface area (Å²) in [5, 5.41) is 1.21. The smallest absolute Gasteiger partial charge is 0.410 e. The van der Waals surface area contributed by atoms with Crippen LogP contribution in [0.15, 0.2) is 4.99 Å². The van der Waals surface area contributed by atoms with E-state index in [1.165, 1.54) is 17.9 Å². The van der Waals surface area contributed by atoms with E-state index in [2.05, 4.69) is 6.26 Å². The Bertz CT molecular complexity index is 352. The van der Waals surface area contributed by atoms with Crippen molar-refractivity contribution < 1.29 is 9.53 Å². The van der Waals surface area contributed by atoms with Crippen LogP contribution in [0.2, 0.25) is 0 Å². The Balaban J connectivity index is 1.80. The number of nitrogens with zero attached hydrogens (tertiary/aromatic N) is 2. The molecule has 1 aliphatic carbocycles. The molecule has 1 amide bonds. The molecule has 0 atom stereocenters. The first kappa shape index (κ1) is 13.7. The molecule has 2 rings (SSSR count). The maximum absolute atomic E-state index is 11.8. The summed E-state index contributed by atoms with van der Waals surface area (Å²) >= 11 is 1.72. The molecule has 1 heterocycles. The highest BCUT2D eigenvalue weighted by molar-refractivity contribution is 8.13. The first-order valence-corrected chi connectivity index (χ1v) is 7.71. The number of likely N-dealkylation sites (tertiary alicyclic amines) is 1. The number of ether oxygens (including phenoxy) is 1. The van der Waals surface area contributed by atoms with Crippen molar-refractivity contribution in [3.8, 4) is 0 Å². The molecule has 5 heteroatoms. The van der Waals surface area contributed by atoms with E-state index in [0.29, 0.717) is 12.0 Å². The minimum atomic E-state index is -0.410. The molecule has 1 aliphatic heterocycles. The van der Waals surface area contributed by atoms with Gasteiger partial charge in [0.2, 0.25) is 0 Å². The standard InChI is InChI=1S/C13H22N2O2S/c1-13(2,3)17-12(16)15-7-9(8-15)11(18-4)14-10-5-6-10/h9-10H,5-8H2,1-4H3/b14-11+.